The molecule has 0 amide bonds. The van der Waals surface area contributed by atoms with E-state index in [2.05, 4.69) is 23.7 Å². The number of hydrogen-bond acceptors (Lipinski definition) is 10. The van der Waals surface area contributed by atoms with Gasteiger partial charge in [0, 0.05) is 12.0 Å². The number of anilines is 1. The fourth-order valence-corrected chi connectivity index (χ4v) is 5.30. The van der Waals surface area contributed by atoms with Crippen LogP contribution >= 0.6 is 23.2 Å². The molecule has 2 unspecified atom stereocenters. The summed E-state index contributed by atoms with van der Waals surface area (Å²) in [5, 5.41) is 3.90. The Morgan fingerprint density at radius 1 is 1.18 bits per heavy atom. The van der Waals surface area contributed by atoms with E-state index in [0.717, 1.165) is 6.33 Å². The molecule has 0 spiro atoms. The van der Waals surface area contributed by atoms with E-state index in [1.54, 1.807) is 0 Å². The average molecular weight is 465 g/mol. The van der Waals surface area contributed by atoms with Gasteiger partial charge in [-0.1, -0.05) is 0 Å². The number of alkyl halides is 1. The van der Waals surface area contributed by atoms with Gasteiger partial charge in [-0.2, -0.15) is 13.9 Å². The van der Waals surface area contributed by atoms with Crippen LogP contribution in [0.1, 0.15) is 5.56 Å². The number of hydrogen-bond donors (Lipinski definition) is 5. The van der Waals surface area contributed by atoms with E-state index in [0.29, 0.717) is 5.56 Å². The number of nitrogens with zero attached hydrogens (tertiary/aromatic N) is 4. The van der Waals surface area contributed by atoms with Crippen LogP contribution in [0.2, 0.25) is 0 Å². The van der Waals surface area contributed by atoms with Crippen molar-refractivity contribution in [3.05, 3.63) is 18.1 Å². The first kappa shape index (κ1) is 23.0. The molecule has 0 aliphatic carbocycles. The number of nitrogens with two attached hydrogens (primary N) is 1. The number of halogens is 1. The molecule has 158 valence electrons. The van der Waals surface area contributed by atoms with Crippen LogP contribution < -0.4 is 5.73 Å². The third-order valence-electron chi connectivity index (χ3n) is 2.94. The molecule has 15 nitrogen and oxygen atoms in total. The number of fused-ring (bicyclic) bond motifs is 1. The second kappa shape index (κ2) is 8.59. The topological polar surface area (TPSA) is 229 Å². The van der Waals surface area contributed by atoms with Crippen LogP contribution in [0.15, 0.2) is 12.5 Å². The normalized spacial score (nSPS) is 17.9. The summed E-state index contributed by atoms with van der Waals surface area (Å²) < 4.78 is 60.1. The highest BCUT2D eigenvalue weighted by atomic mass is 31.3. The molecule has 28 heavy (non-hydrogen) atoms. The second-order valence-electron chi connectivity index (χ2n) is 5.17. The number of aromatic nitrogens is 4. The fraction of sp³-hybridized carbons (Fsp3) is 0.444. The number of phosphoric acid groups is 2. The zero-order chi connectivity index (χ0) is 21.2. The standard InChI is InChI=1S/C9H15FN5O10P3/c10-2-7(1-6-3-14-15-8(6)12-4-13-9(15)11)23-5-26(16,17)24-28(21,22)25-27(18,19)20/h3-4,7H,1-2,5H2,(H,16,17)(H,21,22)(H2,11,12,13)(H2,18,19,20)/t7-/m1/s1. The monoisotopic (exact) mass is 465 g/mol. The minimum atomic E-state index is -5.59. The largest absolute Gasteiger partial charge is 0.488 e. The van der Waals surface area contributed by atoms with Gasteiger partial charge in [0.15, 0.2) is 5.65 Å². The summed E-state index contributed by atoms with van der Waals surface area (Å²) in [6.07, 6.45) is -0.304. The summed E-state index contributed by atoms with van der Waals surface area (Å²) in [7, 11) is -16.1. The number of nitrogen functional groups attached to an aromatic ring is 1. The SMILES string of the molecule is Nc1ncnc2c(C[C@H](CF)OCP(=O)(O)OP(=O)(O)OP(=O)(O)O)cnn12. The van der Waals surface area contributed by atoms with Gasteiger partial charge in [0.2, 0.25) is 5.95 Å². The summed E-state index contributed by atoms with van der Waals surface area (Å²) in [4.78, 5) is 43.1. The quantitative estimate of drug-likeness (QED) is 0.290. The Kier molecular flexibility index (Phi) is 7.05. The molecular formula is C9H15FN5O10P3. The van der Waals surface area contributed by atoms with Gasteiger partial charge in [0.1, 0.15) is 19.3 Å². The molecule has 0 aliphatic rings. The molecule has 2 heterocycles. The molecule has 19 heteroatoms. The molecule has 2 rings (SSSR count). The van der Waals surface area contributed by atoms with Gasteiger partial charge < -0.3 is 30.0 Å². The van der Waals surface area contributed by atoms with Crippen LogP contribution in [0.25, 0.3) is 5.65 Å². The Balaban J connectivity index is 2.02. The Labute approximate surface area is 155 Å². The molecule has 0 aliphatic heterocycles. The van der Waals surface area contributed by atoms with Crippen molar-refractivity contribution < 1.29 is 51.0 Å². The van der Waals surface area contributed by atoms with Crippen LogP contribution in [-0.2, 0) is 33.5 Å². The molecule has 0 aromatic carbocycles. The number of rotatable bonds is 10. The van der Waals surface area contributed by atoms with Gasteiger partial charge in [0.25, 0.3) is 0 Å². The third-order valence-corrected chi connectivity index (χ3v) is 6.94. The molecule has 2 aromatic rings. The first-order valence-electron chi connectivity index (χ1n) is 7.05. The Morgan fingerprint density at radius 2 is 1.86 bits per heavy atom. The van der Waals surface area contributed by atoms with Gasteiger partial charge in [0.05, 0.1) is 12.3 Å². The maximum Gasteiger partial charge on any atom is 0.488 e. The predicted octanol–water partition coefficient (Wildman–Crippen LogP) is -0.0271. The summed E-state index contributed by atoms with van der Waals surface area (Å²) in [6.45, 7) is -1.13. The molecule has 0 fully saturated rings. The minimum Gasteiger partial charge on any atom is -0.368 e. The highest BCUT2D eigenvalue weighted by Crippen LogP contribution is 2.65. The van der Waals surface area contributed by atoms with Crippen LogP contribution in [0.4, 0.5) is 10.3 Å². The lowest BCUT2D eigenvalue weighted by molar-refractivity contribution is 0.0560. The zero-order valence-electron chi connectivity index (χ0n) is 13.7. The molecule has 3 atom stereocenters. The van der Waals surface area contributed by atoms with Gasteiger partial charge in [-0.05, 0) is 0 Å². The van der Waals surface area contributed by atoms with Gasteiger partial charge in [-0.15, -0.1) is 0 Å². The van der Waals surface area contributed by atoms with Gasteiger partial charge in [-0.3, -0.25) is 4.57 Å². The maximum absolute atomic E-state index is 13.2. The van der Waals surface area contributed by atoms with Crippen LogP contribution in [-0.4, -0.2) is 58.3 Å². The van der Waals surface area contributed by atoms with Crippen LogP contribution in [0, 0.1) is 0 Å². The van der Waals surface area contributed by atoms with E-state index in [1.165, 1.54) is 10.7 Å². The fourth-order valence-electron chi connectivity index (χ4n) is 1.96. The van der Waals surface area contributed by atoms with Crippen molar-refractivity contribution in [1.82, 2.24) is 19.6 Å². The second-order valence-corrected chi connectivity index (χ2v) is 9.93. The molecule has 0 radical (unpaired) electrons. The smallest absolute Gasteiger partial charge is 0.368 e. The van der Waals surface area contributed by atoms with Crippen molar-refractivity contribution >= 4 is 34.8 Å². The summed E-state index contributed by atoms with van der Waals surface area (Å²) in [5.74, 6) is 0.0194. The Bertz CT molecular complexity index is 981. The van der Waals surface area contributed by atoms with E-state index in [-0.39, 0.29) is 18.0 Å². The van der Waals surface area contributed by atoms with Crippen molar-refractivity contribution in [1.29, 1.82) is 0 Å². The van der Waals surface area contributed by atoms with Crippen LogP contribution in [0.3, 0.4) is 0 Å². The maximum atomic E-state index is 13.2. The van der Waals surface area contributed by atoms with Gasteiger partial charge in [-0.25, -0.2) is 27.8 Å². The Hall–Kier alpha value is -1.31. The molecule has 2 aromatic heterocycles. The molecule has 0 saturated heterocycles. The highest BCUT2D eigenvalue weighted by Gasteiger charge is 2.40. The first-order valence-corrected chi connectivity index (χ1v) is 11.8. The van der Waals surface area contributed by atoms with Crippen molar-refractivity contribution in [3.63, 3.8) is 0 Å². The number of ether oxygens (including phenoxy) is 1. The van der Waals surface area contributed by atoms with Crippen molar-refractivity contribution in [2.75, 3.05) is 18.8 Å². The van der Waals surface area contributed by atoms with Gasteiger partial charge >= 0.3 is 23.2 Å². The predicted molar refractivity (Wildman–Crippen MR) is 88.5 cm³/mol. The van der Waals surface area contributed by atoms with E-state index >= 15 is 0 Å². The molecule has 6 N–H and O–H groups in total. The molecule has 0 saturated carbocycles. The lowest BCUT2D eigenvalue weighted by Crippen LogP contribution is -2.19. The lowest BCUT2D eigenvalue weighted by Gasteiger charge is -2.19. The first-order chi connectivity index (χ1) is 12.8. The summed E-state index contributed by atoms with van der Waals surface area (Å²) in [6, 6.07) is 0. The van der Waals surface area contributed by atoms with E-state index in [1.807, 2.05) is 0 Å². The Morgan fingerprint density at radius 3 is 2.46 bits per heavy atom. The zero-order valence-corrected chi connectivity index (χ0v) is 16.4. The van der Waals surface area contributed by atoms with E-state index in [4.69, 9.17) is 25.2 Å². The van der Waals surface area contributed by atoms with Crippen molar-refractivity contribution in [3.8, 4) is 0 Å². The average Bonchev–Trinajstić information content (AvgIpc) is 2.92. The lowest BCUT2D eigenvalue weighted by atomic mass is 10.1. The van der Waals surface area contributed by atoms with Crippen molar-refractivity contribution in [2.24, 2.45) is 0 Å². The van der Waals surface area contributed by atoms with E-state index in [9.17, 15) is 23.0 Å². The molecule has 0 bridgehead atoms. The highest BCUT2D eigenvalue weighted by molar-refractivity contribution is 7.68. The summed E-state index contributed by atoms with van der Waals surface area (Å²) in [5.41, 5.74) is 6.20. The van der Waals surface area contributed by atoms with Crippen molar-refractivity contribution in [2.45, 2.75) is 12.5 Å². The third kappa shape index (κ3) is 6.64. The van der Waals surface area contributed by atoms with Crippen LogP contribution in [0.5, 0.6) is 0 Å². The minimum absolute atomic E-state index is 0.0194. The van der Waals surface area contributed by atoms with E-state index < -0.39 is 42.4 Å². The molecular weight excluding hydrogens is 450 g/mol. The summed E-state index contributed by atoms with van der Waals surface area (Å²) >= 11 is 0.